The maximum absolute atomic E-state index is 9.03. The minimum absolute atomic E-state index is 0.207. The van der Waals surface area contributed by atoms with Gasteiger partial charge in [-0.2, -0.15) is 0 Å². The monoisotopic (exact) mass is 209 g/mol. The van der Waals surface area contributed by atoms with Gasteiger partial charge < -0.3 is 10.0 Å². The zero-order valence-electron chi connectivity index (χ0n) is 10.2. The maximum Gasteiger partial charge on any atom is 0.0891 e. The first-order chi connectivity index (χ1) is 6.95. The third-order valence-electron chi connectivity index (χ3n) is 2.01. The van der Waals surface area contributed by atoms with Crippen LogP contribution >= 0.6 is 0 Å². The summed E-state index contributed by atoms with van der Waals surface area (Å²) in [5.74, 6) is 0.207. The molecule has 2 nitrogen and oxygen atoms in total. The number of aliphatic hydroxyl groups excluding tert-OH is 1. The maximum atomic E-state index is 9.03. The van der Waals surface area contributed by atoms with Crippen molar-refractivity contribution < 1.29 is 5.11 Å². The molecule has 0 heterocycles. The van der Waals surface area contributed by atoms with Gasteiger partial charge in [0.05, 0.1) is 5.76 Å². The van der Waals surface area contributed by atoms with Gasteiger partial charge in [-0.15, -0.1) is 0 Å². The largest absolute Gasteiger partial charge is 0.513 e. The Kier molecular flexibility index (Phi) is 6.80. The Hall–Kier alpha value is -1.02. The van der Waals surface area contributed by atoms with Gasteiger partial charge in [0.15, 0.2) is 0 Å². The zero-order chi connectivity index (χ0) is 11.8. The van der Waals surface area contributed by atoms with Crippen LogP contribution in [0.5, 0.6) is 0 Å². The second kappa shape index (κ2) is 7.30. The minimum Gasteiger partial charge on any atom is -0.513 e. The molecule has 15 heavy (non-hydrogen) atoms. The summed E-state index contributed by atoms with van der Waals surface area (Å²) in [4.78, 5) is 2.24. The second-order valence-corrected chi connectivity index (χ2v) is 4.13. The van der Waals surface area contributed by atoms with E-state index in [4.69, 9.17) is 5.11 Å². The molecule has 2 heteroatoms. The van der Waals surface area contributed by atoms with E-state index in [0.29, 0.717) is 6.42 Å². The van der Waals surface area contributed by atoms with Gasteiger partial charge in [0, 0.05) is 13.0 Å². The van der Waals surface area contributed by atoms with E-state index in [9.17, 15) is 0 Å². The summed E-state index contributed by atoms with van der Waals surface area (Å²) < 4.78 is 0. The highest BCUT2D eigenvalue weighted by Crippen LogP contribution is 2.09. The zero-order valence-corrected chi connectivity index (χ0v) is 10.2. The van der Waals surface area contributed by atoms with Crippen molar-refractivity contribution in [3.05, 3.63) is 36.1 Å². The highest BCUT2D eigenvalue weighted by atomic mass is 16.3. The average molecular weight is 209 g/mol. The van der Waals surface area contributed by atoms with Crippen LogP contribution in [-0.4, -0.2) is 30.1 Å². The van der Waals surface area contributed by atoms with Crippen molar-refractivity contribution in [3.63, 3.8) is 0 Å². The number of aliphatic hydroxyl groups is 1. The van der Waals surface area contributed by atoms with Gasteiger partial charge in [0.1, 0.15) is 0 Å². The van der Waals surface area contributed by atoms with Crippen LogP contribution in [0.1, 0.15) is 26.7 Å². The number of hydrogen-bond acceptors (Lipinski definition) is 2. The quantitative estimate of drug-likeness (QED) is 0.514. The van der Waals surface area contributed by atoms with Crippen molar-refractivity contribution in [2.45, 2.75) is 26.7 Å². The molecule has 0 amide bonds. The van der Waals surface area contributed by atoms with E-state index in [1.165, 1.54) is 0 Å². The molecule has 0 bridgehead atoms. The van der Waals surface area contributed by atoms with Crippen molar-refractivity contribution in [1.29, 1.82) is 0 Å². The van der Waals surface area contributed by atoms with Gasteiger partial charge in [0.25, 0.3) is 0 Å². The Labute approximate surface area is 93.6 Å². The van der Waals surface area contributed by atoms with Crippen molar-refractivity contribution in [2.75, 3.05) is 20.1 Å². The van der Waals surface area contributed by atoms with E-state index in [1.807, 2.05) is 13.0 Å². The first-order valence-electron chi connectivity index (χ1n) is 5.36. The fraction of sp³-hybridized carbons (Fsp3) is 0.538. The van der Waals surface area contributed by atoms with Crippen LogP contribution in [0.4, 0.5) is 0 Å². The van der Waals surface area contributed by atoms with E-state index in [0.717, 1.165) is 30.7 Å². The average Bonchev–Trinajstić information content (AvgIpc) is 2.00. The molecular formula is C13H23NO. The molecule has 0 saturated heterocycles. The van der Waals surface area contributed by atoms with Crippen molar-refractivity contribution in [1.82, 2.24) is 4.90 Å². The lowest BCUT2D eigenvalue weighted by molar-refractivity contribution is 0.365. The molecule has 0 aliphatic rings. The first kappa shape index (κ1) is 14.0. The molecule has 0 radical (unpaired) electrons. The number of hydrogen-bond donors (Lipinski definition) is 1. The fourth-order valence-corrected chi connectivity index (χ4v) is 1.57. The summed E-state index contributed by atoms with van der Waals surface area (Å²) in [6.45, 7) is 13.6. The lowest BCUT2D eigenvalue weighted by atomic mass is 10.1. The van der Waals surface area contributed by atoms with Crippen molar-refractivity contribution in [2.24, 2.45) is 0 Å². The minimum atomic E-state index is 0.207. The Bertz CT molecular complexity index is 253. The molecule has 0 aliphatic heterocycles. The molecule has 0 rings (SSSR count). The Balaban J connectivity index is 4.06. The van der Waals surface area contributed by atoms with Gasteiger partial charge in [-0.1, -0.05) is 31.7 Å². The summed E-state index contributed by atoms with van der Waals surface area (Å²) in [7, 11) is 2.09. The third-order valence-corrected chi connectivity index (χ3v) is 2.01. The number of allylic oxidation sites excluding steroid dienone is 1. The predicted octanol–water partition coefficient (Wildman–Crippen LogP) is 3.29. The molecule has 0 aromatic carbocycles. The summed E-state index contributed by atoms with van der Waals surface area (Å²) in [5.41, 5.74) is 2.17. The fourth-order valence-electron chi connectivity index (χ4n) is 1.57. The third kappa shape index (κ3) is 8.01. The Morgan fingerprint density at radius 3 is 2.47 bits per heavy atom. The summed E-state index contributed by atoms with van der Waals surface area (Å²) in [6.07, 6.45) is 3.71. The molecule has 0 aromatic rings. The summed E-state index contributed by atoms with van der Waals surface area (Å²) in [5, 5.41) is 9.03. The van der Waals surface area contributed by atoms with E-state index in [-0.39, 0.29) is 5.76 Å². The molecule has 0 unspecified atom stereocenters. The molecule has 86 valence electrons. The molecule has 0 aromatic heterocycles. The van der Waals surface area contributed by atoms with Crippen LogP contribution in [-0.2, 0) is 0 Å². The molecule has 0 fully saturated rings. The smallest absolute Gasteiger partial charge is 0.0891 e. The van der Waals surface area contributed by atoms with Gasteiger partial charge in [-0.25, -0.2) is 0 Å². The van der Waals surface area contributed by atoms with E-state index >= 15 is 0 Å². The van der Waals surface area contributed by atoms with Crippen LogP contribution in [0.2, 0.25) is 0 Å². The van der Waals surface area contributed by atoms with Gasteiger partial charge in [-0.05, 0) is 32.5 Å². The highest BCUT2D eigenvalue weighted by molar-refractivity contribution is 5.22. The molecule has 1 N–H and O–H groups in total. The molecule has 0 aliphatic carbocycles. The topological polar surface area (TPSA) is 23.5 Å². The standard InChI is InChI=1S/C13H23NO/c1-6-7-14(5)10-12(3)8-11(2)9-13(4)15/h8,15H,3-4,6-7,9-10H2,1-2,5H3/b11-8+. The Morgan fingerprint density at radius 1 is 1.40 bits per heavy atom. The molecule has 0 saturated carbocycles. The van der Waals surface area contributed by atoms with Crippen molar-refractivity contribution >= 4 is 0 Å². The normalized spacial score (nSPS) is 11.9. The summed E-state index contributed by atoms with van der Waals surface area (Å²) in [6, 6.07) is 0. The first-order valence-corrected chi connectivity index (χ1v) is 5.36. The van der Waals surface area contributed by atoms with Crippen molar-refractivity contribution in [3.8, 4) is 0 Å². The predicted molar refractivity (Wildman–Crippen MR) is 67.1 cm³/mol. The number of nitrogens with zero attached hydrogens (tertiary/aromatic N) is 1. The van der Waals surface area contributed by atoms with Crippen LogP contribution in [0.25, 0.3) is 0 Å². The van der Waals surface area contributed by atoms with Crippen LogP contribution in [0.3, 0.4) is 0 Å². The number of likely N-dealkylation sites (N-methyl/N-ethyl adjacent to an activating group) is 1. The number of rotatable bonds is 7. The molecule has 0 atom stereocenters. The molecular weight excluding hydrogens is 186 g/mol. The van der Waals surface area contributed by atoms with Crippen LogP contribution < -0.4 is 0 Å². The summed E-state index contributed by atoms with van der Waals surface area (Å²) >= 11 is 0. The second-order valence-electron chi connectivity index (χ2n) is 4.13. The Morgan fingerprint density at radius 2 is 2.00 bits per heavy atom. The van der Waals surface area contributed by atoms with Gasteiger partial charge >= 0.3 is 0 Å². The van der Waals surface area contributed by atoms with Gasteiger partial charge in [0.2, 0.25) is 0 Å². The van der Waals surface area contributed by atoms with Gasteiger partial charge in [-0.3, -0.25) is 0 Å². The van der Waals surface area contributed by atoms with E-state index < -0.39 is 0 Å². The SMILES string of the molecule is C=C(O)C/C(C)=C/C(=C)CN(C)CCC. The van der Waals surface area contributed by atoms with E-state index in [2.05, 4.69) is 32.0 Å². The van der Waals surface area contributed by atoms with Crippen LogP contribution in [0, 0.1) is 0 Å². The highest BCUT2D eigenvalue weighted by Gasteiger charge is 1.99. The lowest BCUT2D eigenvalue weighted by Gasteiger charge is -2.15. The molecule has 0 spiro atoms. The van der Waals surface area contributed by atoms with Crippen LogP contribution in [0.15, 0.2) is 36.1 Å². The van der Waals surface area contributed by atoms with E-state index in [1.54, 1.807) is 0 Å². The lowest BCUT2D eigenvalue weighted by Crippen LogP contribution is -2.21.